The van der Waals surface area contributed by atoms with Crippen LogP contribution in [0.15, 0.2) is 4.34 Å². The molecule has 0 aliphatic heterocycles. The van der Waals surface area contributed by atoms with Gasteiger partial charge in [0, 0.05) is 13.6 Å². The molecule has 7 nitrogen and oxygen atoms in total. The zero-order valence-electron chi connectivity index (χ0n) is 14.0. The van der Waals surface area contributed by atoms with Gasteiger partial charge in [-0.25, -0.2) is 0 Å². The van der Waals surface area contributed by atoms with Crippen molar-refractivity contribution in [3.8, 4) is 0 Å². The predicted octanol–water partition coefficient (Wildman–Crippen LogP) is 2.83. The van der Waals surface area contributed by atoms with Gasteiger partial charge in [-0.15, -0.1) is 10.2 Å². The van der Waals surface area contributed by atoms with Crippen LogP contribution in [0.5, 0.6) is 0 Å². The van der Waals surface area contributed by atoms with Crippen LogP contribution >= 0.6 is 23.1 Å². The van der Waals surface area contributed by atoms with Crippen LogP contribution in [0.1, 0.15) is 31.7 Å². The fourth-order valence-corrected chi connectivity index (χ4v) is 3.87. The molecule has 0 spiro atoms. The van der Waals surface area contributed by atoms with Gasteiger partial charge in [-0.2, -0.15) is 5.10 Å². The van der Waals surface area contributed by atoms with Gasteiger partial charge in [0.25, 0.3) is 0 Å². The van der Waals surface area contributed by atoms with E-state index in [9.17, 15) is 4.79 Å². The van der Waals surface area contributed by atoms with Crippen molar-refractivity contribution >= 4 is 39.8 Å². The summed E-state index contributed by atoms with van der Waals surface area (Å²) in [6.07, 6.45) is 1.03. The molecule has 0 aromatic carbocycles. The topological polar surface area (TPSA) is 84.7 Å². The normalized spacial score (nSPS) is 12.2. The highest BCUT2D eigenvalue weighted by atomic mass is 32.2. The van der Waals surface area contributed by atoms with Crippen molar-refractivity contribution in [2.24, 2.45) is 7.05 Å². The van der Waals surface area contributed by atoms with Crippen molar-refractivity contribution in [3.05, 3.63) is 11.4 Å². The number of nitrogens with zero attached hydrogens (tertiary/aromatic N) is 4. The Morgan fingerprint density at radius 1 is 1.39 bits per heavy atom. The molecule has 0 aliphatic carbocycles. The number of aromatic nitrogens is 4. The molecular weight excluding hydrogens is 332 g/mol. The van der Waals surface area contributed by atoms with E-state index < -0.39 is 0 Å². The Kier molecular flexibility index (Phi) is 6.00. The van der Waals surface area contributed by atoms with E-state index in [-0.39, 0.29) is 11.2 Å². The van der Waals surface area contributed by atoms with Crippen LogP contribution < -0.4 is 10.6 Å². The molecule has 2 rings (SSSR count). The van der Waals surface area contributed by atoms with Gasteiger partial charge in [-0.1, -0.05) is 30.0 Å². The van der Waals surface area contributed by atoms with Crippen LogP contribution in [0.4, 0.5) is 10.8 Å². The van der Waals surface area contributed by atoms with E-state index in [1.807, 2.05) is 27.8 Å². The number of hydrogen-bond donors (Lipinski definition) is 2. The molecule has 1 unspecified atom stereocenters. The van der Waals surface area contributed by atoms with Crippen LogP contribution in [0.2, 0.25) is 0 Å². The molecule has 2 aromatic rings. The summed E-state index contributed by atoms with van der Waals surface area (Å²) in [5, 5.41) is 19.2. The fraction of sp³-hybridized carbons (Fsp3) is 0.571. The van der Waals surface area contributed by atoms with Crippen LogP contribution in [-0.2, 0) is 11.8 Å². The standard InChI is InChI=1S/C14H22N6OS2/c1-6-7-15-13-17-18-14(23-13)22-10(4)12(21)16-11-8(2)19-20(5)9(11)3/h10H,6-7H2,1-5H3,(H,15,17)(H,16,21). The molecule has 23 heavy (non-hydrogen) atoms. The van der Waals surface area contributed by atoms with Gasteiger partial charge in [-0.05, 0) is 27.2 Å². The minimum atomic E-state index is -0.263. The third kappa shape index (κ3) is 4.44. The van der Waals surface area contributed by atoms with Gasteiger partial charge in [-0.3, -0.25) is 9.48 Å². The Labute approximate surface area is 144 Å². The zero-order valence-corrected chi connectivity index (χ0v) is 15.6. The lowest BCUT2D eigenvalue weighted by molar-refractivity contribution is -0.115. The van der Waals surface area contributed by atoms with Crippen LogP contribution in [-0.4, -0.2) is 37.7 Å². The highest BCUT2D eigenvalue weighted by molar-refractivity contribution is 8.02. The predicted molar refractivity (Wildman–Crippen MR) is 95.3 cm³/mol. The number of hydrogen-bond acceptors (Lipinski definition) is 7. The summed E-state index contributed by atoms with van der Waals surface area (Å²) in [5.74, 6) is -0.0625. The van der Waals surface area contributed by atoms with Gasteiger partial charge >= 0.3 is 0 Å². The molecule has 0 saturated heterocycles. The molecule has 9 heteroatoms. The lowest BCUT2D eigenvalue weighted by Crippen LogP contribution is -2.23. The fourth-order valence-electron chi connectivity index (χ4n) is 1.94. The van der Waals surface area contributed by atoms with E-state index in [0.717, 1.165) is 39.5 Å². The maximum Gasteiger partial charge on any atom is 0.237 e. The number of anilines is 2. The first-order chi connectivity index (χ1) is 10.9. The molecule has 2 aromatic heterocycles. The van der Waals surface area contributed by atoms with E-state index >= 15 is 0 Å². The first kappa shape index (κ1) is 17.7. The largest absolute Gasteiger partial charge is 0.360 e. The highest BCUT2D eigenvalue weighted by Crippen LogP contribution is 2.30. The van der Waals surface area contributed by atoms with Crippen molar-refractivity contribution < 1.29 is 4.79 Å². The average Bonchev–Trinajstić information content (AvgIpc) is 3.05. The Bertz CT molecular complexity index is 681. The molecule has 0 bridgehead atoms. The minimum absolute atomic E-state index is 0.0625. The molecule has 2 heterocycles. The average molecular weight is 355 g/mol. The summed E-state index contributed by atoms with van der Waals surface area (Å²) in [4.78, 5) is 12.4. The Hall–Kier alpha value is -1.61. The Morgan fingerprint density at radius 2 is 2.13 bits per heavy atom. The second-order valence-electron chi connectivity index (χ2n) is 5.22. The van der Waals surface area contributed by atoms with E-state index in [4.69, 9.17) is 0 Å². The lowest BCUT2D eigenvalue weighted by atomic mass is 10.3. The number of aryl methyl sites for hydroxylation is 2. The van der Waals surface area contributed by atoms with Crippen molar-refractivity contribution in [3.63, 3.8) is 0 Å². The second kappa shape index (κ2) is 7.78. The third-order valence-electron chi connectivity index (χ3n) is 3.34. The molecule has 1 amide bonds. The molecule has 0 fully saturated rings. The molecule has 0 aliphatic rings. The minimum Gasteiger partial charge on any atom is -0.360 e. The molecule has 0 saturated carbocycles. The van der Waals surface area contributed by atoms with E-state index in [1.165, 1.54) is 23.1 Å². The molecule has 2 N–H and O–H groups in total. The number of carbonyl (C=O) groups is 1. The SMILES string of the molecule is CCCNc1nnc(SC(C)C(=O)Nc2c(C)nn(C)c2C)s1. The third-order valence-corrected chi connectivity index (χ3v) is 5.40. The molecule has 126 valence electrons. The summed E-state index contributed by atoms with van der Waals surface area (Å²) in [6.45, 7) is 8.65. The van der Waals surface area contributed by atoms with Gasteiger partial charge in [0.2, 0.25) is 11.0 Å². The first-order valence-electron chi connectivity index (χ1n) is 7.47. The van der Waals surface area contributed by atoms with Crippen LogP contribution in [0, 0.1) is 13.8 Å². The summed E-state index contributed by atoms with van der Waals surface area (Å²) in [6, 6.07) is 0. The number of amides is 1. The van der Waals surface area contributed by atoms with E-state index in [0.29, 0.717) is 0 Å². The van der Waals surface area contributed by atoms with E-state index in [2.05, 4.69) is 32.9 Å². The quantitative estimate of drug-likeness (QED) is 0.744. The van der Waals surface area contributed by atoms with Crippen molar-refractivity contribution in [1.82, 2.24) is 20.0 Å². The van der Waals surface area contributed by atoms with Crippen LogP contribution in [0.3, 0.4) is 0 Å². The van der Waals surface area contributed by atoms with Gasteiger partial charge < -0.3 is 10.6 Å². The van der Waals surface area contributed by atoms with E-state index in [1.54, 1.807) is 4.68 Å². The first-order valence-corrected chi connectivity index (χ1v) is 9.17. The number of nitrogens with one attached hydrogen (secondary N) is 2. The summed E-state index contributed by atoms with van der Waals surface area (Å²) in [7, 11) is 1.86. The summed E-state index contributed by atoms with van der Waals surface area (Å²) in [5.41, 5.74) is 2.54. The van der Waals surface area contributed by atoms with Crippen molar-refractivity contribution in [1.29, 1.82) is 0 Å². The van der Waals surface area contributed by atoms with Crippen molar-refractivity contribution in [2.75, 3.05) is 17.2 Å². The monoisotopic (exact) mass is 354 g/mol. The van der Waals surface area contributed by atoms with Gasteiger partial charge in [0.1, 0.15) is 0 Å². The molecule has 1 atom stereocenters. The zero-order chi connectivity index (χ0) is 17.0. The Morgan fingerprint density at radius 3 is 2.74 bits per heavy atom. The smallest absolute Gasteiger partial charge is 0.237 e. The van der Waals surface area contributed by atoms with Crippen molar-refractivity contribution in [2.45, 2.75) is 43.7 Å². The number of rotatable bonds is 7. The number of thioether (sulfide) groups is 1. The lowest BCUT2D eigenvalue weighted by Gasteiger charge is -2.10. The summed E-state index contributed by atoms with van der Waals surface area (Å²) >= 11 is 2.88. The number of carbonyl (C=O) groups excluding carboxylic acids is 1. The maximum absolute atomic E-state index is 12.4. The van der Waals surface area contributed by atoms with Crippen LogP contribution in [0.25, 0.3) is 0 Å². The molecular formula is C14H22N6OS2. The van der Waals surface area contributed by atoms with Gasteiger partial charge in [0.15, 0.2) is 4.34 Å². The Balaban J connectivity index is 1.96. The van der Waals surface area contributed by atoms with Gasteiger partial charge in [0.05, 0.1) is 22.3 Å². The highest BCUT2D eigenvalue weighted by Gasteiger charge is 2.20. The maximum atomic E-state index is 12.4. The second-order valence-corrected chi connectivity index (χ2v) is 7.78. The summed E-state index contributed by atoms with van der Waals surface area (Å²) < 4.78 is 2.55. The molecule has 0 radical (unpaired) electrons.